The van der Waals surface area contributed by atoms with E-state index in [2.05, 4.69) is 10.6 Å². The Morgan fingerprint density at radius 3 is 2.67 bits per heavy atom. The van der Waals surface area contributed by atoms with E-state index >= 15 is 0 Å². The first-order chi connectivity index (χ1) is 13.0. The highest BCUT2D eigenvalue weighted by molar-refractivity contribution is 6.01. The molecule has 2 N–H and O–H groups in total. The molecule has 0 aliphatic carbocycles. The number of hydrogen-bond acceptors (Lipinski definition) is 3. The number of benzene rings is 2. The first kappa shape index (κ1) is 18.7. The maximum absolute atomic E-state index is 13.4. The van der Waals surface area contributed by atoms with Crippen LogP contribution >= 0.6 is 0 Å². The van der Waals surface area contributed by atoms with Gasteiger partial charge in [0.15, 0.2) is 0 Å². The van der Waals surface area contributed by atoms with Crippen LogP contribution in [0.15, 0.2) is 42.5 Å². The van der Waals surface area contributed by atoms with Gasteiger partial charge in [0.05, 0.1) is 7.11 Å². The molecule has 0 bridgehead atoms. The molecule has 6 nitrogen and oxygen atoms in total. The van der Waals surface area contributed by atoms with Crippen LogP contribution in [0.1, 0.15) is 17.5 Å². The quantitative estimate of drug-likeness (QED) is 0.849. The van der Waals surface area contributed by atoms with E-state index in [1.54, 1.807) is 31.1 Å². The van der Waals surface area contributed by atoms with Crippen LogP contribution in [-0.2, 0) is 11.3 Å². The van der Waals surface area contributed by atoms with E-state index in [9.17, 15) is 14.0 Å². The Labute approximate surface area is 157 Å². The van der Waals surface area contributed by atoms with Crippen molar-refractivity contribution in [3.63, 3.8) is 0 Å². The molecular formula is C20H22FN3O3. The Hall–Kier alpha value is -3.09. The number of rotatable bonds is 5. The molecular weight excluding hydrogens is 349 g/mol. The number of ether oxygens (including phenoxy) is 1. The zero-order valence-electron chi connectivity index (χ0n) is 15.3. The van der Waals surface area contributed by atoms with Crippen molar-refractivity contribution in [2.75, 3.05) is 18.6 Å². The molecule has 3 amide bonds. The lowest BCUT2D eigenvalue weighted by atomic mass is 10.2. The van der Waals surface area contributed by atoms with Gasteiger partial charge < -0.3 is 20.3 Å². The monoisotopic (exact) mass is 371 g/mol. The predicted octanol–water partition coefficient (Wildman–Crippen LogP) is 2.75. The number of carbonyl (C=O) groups is 2. The number of halogens is 1. The lowest BCUT2D eigenvalue weighted by Gasteiger charge is -2.18. The second-order valence-corrected chi connectivity index (χ2v) is 6.44. The summed E-state index contributed by atoms with van der Waals surface area (Å²) in [6.07, 6.45) is 0.505. The molecule has 0 unspecified atom stereocenters. The van der Waals surface area contributed by atoms with Crippen molar-refractivity contribution >= 4 is 17.6 Å². The van der Waals surface area contributed by atoms with E-state index in [4.69, 9.17) is 4.74 Å². The van der Waals surface area contributed by atoms with Gasteiger partial charge in [0.25, 0.3) is 0 Å². The predicted molar refractivity (Wildman–Crippen MR) is 100 cm³/mol. The van der Waals surface area contributed by atoms with Gasteiger partial charge in [-0.1, -0.05) is 12.1 Å². The number of anilines is 1. The van der Waals surface area contributed by atoms with Crippen LogP contribution in [0.25, 0.3) is 0 Å². The second-order valence-electron chi connectivity index (χ2n) is 6.44. The van der Waals surface area contributed by atoms with E-state index in [0.717, 1.165) is 11.3 Å². The summed E-state index contributed by atoms with van der Waals surface area (Å²) in [5.74, 6) is 0.245. The van der Waals surface area contributed by atoms with Gasteiger partial charge in [-0.3, -0.25) is 4.79 Å². The van der Waals surface area contributed by atoms with E-state index in [1.807, 2.05) is 24.3 Å². The molecule has 2 aromatic rings. The minimum Gasteiger partial charge on any atom is -0.497 e. The molecule has 142 valence electrons. The van der Waals surface area contributed by atoms with Crippen LogP contribution in [0.4, 0.5) is 14.9 Å². The molecule has 1 heterocycles. The lowest BCUT2D eigenvalue weighted by molar-refractivity contribution is -0.118. The third-order valence-electron chi connectivity index (χ3n) is 4.58. The van der Waals surface area contributed by atoms with Crippen molar-refractivity contribution in [2.24, 2.45) is 0 Å². The summed E-state index contributed by atoms with van der Waals surface area (Å²) >= 11 is 0. The van der Waals surface area contributed by atoms with Crippen LogP contribution in [0.3, 0.4) is 0 Å². The van der Waals surface area contributed by atoms with Gasteiger partial charge in [-0.2, -0.15) is 0 Å². The molecule has 1 aliphatic rings. The number of urea groups is 1. The number of hydrogen-bond donors (Lipinski definition) is 2. The molecule has 0 aromatic heterocycles. The van der Waals surface area contributed by atoms with E-state index < -0.39 is 12.1 Å². The first-order valence-corrected chi connectivity index (χ1v) is 8.73. The third-order valence-corrected chi connectivity index (χ3v) is 4.58. The Kier molecular flexibility index (Phi) is 5.59. The molecule has 7 heteroatoms. The minimum absolute atomic E-state index is 0.194. The molecule has 27 heavy (non-hydrogen) atoms. The fraction of sp³-hybridized carbons (Fsp3) is 0.300. The topological polar surface area (TPSA) is 70.7 Å². The minimum atomic E-state index is -0.591. The van der Waals surface area contributed by atoms with Crippen molar-refractivity contribution < 1.29 is 18.7 Å². The third kappa shape index (κ3) is 4.36. The maximum Gasteiger partial charge on any atom is 0.315 e. The Balaban J connectivity index is 1.53. The summed E-state index contributed by atoms with van der Waals surface area (Å²) in [5, 5.41) is 5.45. The average molecular weight is 371 g/mol. The number of nitrogens with one attached hydrogen (secondary N) is 2. The standard InChI is InChI=1S/C20H22FN3O3/c1-13-11-15(5-8-17(13)21)24-10-9-18(19(24)25)23-20(26)22-12-14-3-6-16(27-2)7-4-14/h3-8,11,18H,9-10,12H2,1-2H3,(H2,22,23,26)/t18-/m1/s1. The molecule has 0 spiro atoms. The van der Waals surface area contributed by atoms with Crippen LogP contribution in [0.2, 0.25) is 0 Å². The number of aryl methyl sites for hydroxylation is 1. The molecule has 3 rings (SSSR count). The van der Waals surface area contributed by atoms with Gasteiger partial charge in [0.1, 0.15) is 17.6 Å². The van der Waals surface area contributed by atoms with Gasteiger partial charge in [0.2, 0.25) is 5.91 Å². The summed E-state index contributed by atoms with van der Waals surface area (Å²) in [4.78, 5) is 26.2. The van der Waals surface area contributed by atoms with E-state index in [-0.39, 0.29) is 11.7 Å². The molecule has 1 aliphatic heterocycles. The second kappa shape index (κ2) is 8.07. The highest BCUT2D eigenvalue weighted by Crippen LogP contribution is 2.23. The zero-order valence-corrected chi connectivity index (χ0v) is 15.3. The van der Waals surface area contributed by atoms with Crippen molar-refractivity contribution in [1.29, 1.82) is 0 Å². The lowest BCUT2D eigenvalue weighted by Crippen LogP contribution is -2.45. The van der Waals surface area contributed by atoms with Gasteiger partial charge in [-0.05, 0) is 54.8 Å². The molecule has 1 saturated heterocycles. The number of carbonyl (C=O) groups excluding carboxylic acids is 2. The van der Waals surface area contributed by atoms with Crippen molar-refractivity contribution in [3.8, 4) is 5.75 Å². The average Bonchev–Trinajstić information content (AvgIpc) is 3.03. The van der Waals surface area contributed by atoms with E-state index in [1.165, 1.54) is 6.07 Å². The number of nitrogens with zero attached hydrogens (tertiary/aromatic N) is 1. The number of amides is 3. The zero-order chi connectivity index (χ0) is 19.4. The SMILES string of the molecule is COc1ccc(CNC(=O)N[C@@H]2CCN(c3ccc(F)c(C)c3)C2=O)cc1. The maximum atomic E-state index is 13.4. The summed E-state index contributed by atoms with van der Waals surface area (Å²) in [6, 6.07) is 10.9. The van der Waals surface area contributed by atoms with Crippen LogP contribution < -0.4 is 20.3 Å². The summed E-state index contributed by atoms with van der Waals surface area (Å²) in [6.45, 7) is 2.48. The van der Waals surface area contributed by atoms with Gasteiger partial charge in [0, 0.05) is 18.8 Å². The molecule has 2 aromatic carbocycles. The van der Waals surface area contributed by atoms with Crippen molar-refractivity contribution in [1.82, 2.24) is 10.6 Å². The van der Waals surface area contributed by atoms with Gasteiger partial charge in [-0.25, -0.2) is 9.18 Å². The molecule has 1 atom stereocenters. The molecule has 1 fully saturated rings. The molecule has 0 radical (unpaired) electrons. The number of methoxy groups -OCH3 is 1. The highest BCUT2D eigenvalue weighted by Gasteiger charge is 2.33. The summed E-state index contributed by atoms with van der Waals surface area (Å²) in [5.41, 5.74) is 2.04. The van der Waals surface area contributed by atoms with E-state index in [0.29, 0.717) is 30.8 Å². The summed E-state index contributed by atoms with van der Waals surface area (Å²) in [7, 11) is 1.59. The van der Waals surface area contributed by atoms with Crippen molar-refractivity contribution in [2.45, 2.75) is 25.9 Å². The Morgan fingerprint density at radius 2 is 2.00 bits per heavy atom. The van der Waals surface area contributed by atoms with Crippen LogP contribution in [0, 0.1) is 12.7 Å². The molecule has 0 saturated carbocycles. The van der Waals surface area contributed by atoms with Gasteiger partial charge in [-0.15, -0.1) is 0 Å². The smallest absolute Gasteiger partial charge is 0.315 e. The Morgan fingerprint density at radius 1 is 1.26 bits per heavy atom. The van der Waals surface area contributed by atoms with Gasteiger partial charge >= 0.3 is 6.03 Å². The fourth-order valence-corrected chi connectivity index (χ4v) is 3.00. The summed E-state index contributed by atoms with van der Waals surface area (Å²) < 4.78 is 18.5. The van der Waals surface area contributed by atoms with Crippen molar-refractivity contribution in [3.05, 3.63) is 59.4 Å². The van der Waals surface area contributed by atoms with Crippen LogP contribution in [-0.4, -0.2) is 31.6 Å². The normalized spacial score (nSPS) is 16.3. The highest BCUT2D eigenvalue weighted by atomic mass is 19.1. The largest absolute Gasteiger partial charge is 0.497 e. The van der Waals surface area contributed by atoms with Crippen LogP contribution in [0.5, 0.6) is 5.75 Å². The fourth-order valence-electron chi connectivity index (χ4n) is 3.00. The Bertz CT molecular complexity index is 839. The first-order valence-electron chi connectivity index (χ1n) is 8.73.